The molecule has 4 heteroatoms. The Morgan fingerprint density at radius 2 is 1.64 bits per heavy atom. The fourth-order valence-electron chi connectivity index (χ4n) is 3.24. The van der Waals surface area contributed by atoms with Crippen LogP contribution in [-0.2, 0) is 6.54 Å². The summed E-state index contributed by atoms with van der Waals surface area (Å²) in [5, 5.41) is 12.8. The van der Waals surface area contributed by atoms with E-state index < -0.39 is 0 Å². The van der Waals surface area contributed by atoms with E-state index in [0.29, 0.717) is 11.3 Å². The van der Waals surface area contributed by atoms with E-state index in [1.165, 1.54) is 16.3 Å². The molecule has 0 saturated carbocycles. The zero-order valence-electron chi connectivity index (χ0n) is 13.5. The third kappa shape index (κ3) is 2.88. The van der Waals surface area contributed by atoms with Crippen molar-refractivity contribution in [2.75, 3.05) is 5.73 Å². The highest BCUT2D eigenvalue weighted by molar-refractivity contribution is 5.88. The first-order chi connectivity index (χ1) is 11.8. The van der Waals surface area contributed by atoms with E-state index in [2.05, 4.69) is 53.1 Å². The van der Waals surface area contributed by atoms with Gasteiger partial charge in [-0.05, 0) is 22.9 Å². The molecule has 1 aromatic heterocycles. The highest BCUT2D eigenvalue weighted by Crippen LogP contribution is 2.22. The minimum atomic E-state index is 0. The van der Waals surface area contributed by atoms with E-state index in [9.17, 15) is 5.26 Å². The fourth-order valence-corrected chi connectivity index (χ4v) is 3.24. The number of nitrogens with two attached hydrogens (primary N) is 1. The van der Waals surface area contributed by atoms with Crippen LogP contribution in [0.25, 0.3) is 21.7 Å². The summed E-state index contributed by atoms with van der Waals surface area (Å²) in [6, 6.07) is 24.7. The SMILES string of the molecule is N#Cc1c(N)ccc2c1ccc[n+]2Cc1cccc2ccccc12.[Cl-]. The van der Waals surface area contributed by atoms with Crippen LogP contribution in [0.2, 0.25) is 0 Å². The van der Waals surface area contributed by atoms with Crippen molar-refractivity contribution < 1.29 is 17.0 Å². The molecule has 4 rings (SSSR count). The average Bonchev–Trinajstić information content (AvgIpc) is 2.62. The van der Waals surface area contributed by atoms with Crippen LogP contribution < -0.4 is 22.7 Å². The van der Waals surface area contributed by atoms with Crippen molar-refractivity contribution in [1.82, 2.24) is 0 Å². The van der Waals surface area contributed by atoms with Crippen molar-refractivity contribution in [3.63, 3.8) is 0 Å². The maximum atomic E-state index is 9.40. The number of nitriles is 1. The number of nitrogens with zero attached hydrogens (tertiary/aromatic N) is 2. The van der Waals surface area contributed by atoms with Crippen molar-refractivity contribution in [2.24, 2.45) is 0 Å². The van der Waals surface area contributed by atoms with Gasteiger partial charge >= 0.3 is 0 Å². The highest BCUT2D eigenvalue weighted by Gasteiger charge is 2.15. The van der Waals surface area contributed by atoms with Crippen molar-refractivity contribution in [3.05, 3.63) is 84.1 Å². The van der Waals surface area contributed by atoms with Crippen LogP contribution in [0.4, 0.5) is 5.69 Å². The maximum Gasteiger partial charge on any atom is 0.214 e. The Labute approximate surface area is 152 Å². The van der Waals surface area contributed by atoms with E-state index in [1.807, 2.05) is 24.4 Å². The number of hydrogen-bond donors (Lipinski definition) is 1. The molecule has 3 aromatic carbocycles. The lowest BCUT2D eigenvalue weighted by molar-refractivity contribution is -0.662. The number of aromatic nitrogens is 1. The number of fused-ring (bicyclic) bond motifs is 2. The monoisotopic (exact) mass is 345 g/mol. The smallest absolute Gasteiger partial charge is 0.214 e. The third-order valence-electron chi connectivity index (χ3n) is 4.43. The quantitative estimate of drug-likeness (QED) is 0.431. The summed E-state index contributed by atoms with van der Waals surface area (Å²) < 4.78 is 2.16. The summed E-state index contributed by atoms with van der Waals surface area (Å²) in [4.78, 5) is 0. The first-order valence-electron chi connectivity index (χ1n) is 7.85. The molecule has 122 valence electrons. The summed E-state index contributed by atoms with van der Waals surface area (Å²) in [6.07, 6.45) is 2.04. The molecule has 0 aliphatic heterocycles. The lowest BCUT2D eigenvalue weighted by atomic mass is 10.0. The molecule has 2 N–H and O–H groups in total. The molecule has 0 aliphatic rings. The highest BCUT2D eigenvalue weighted by atomic mass is 35.5. The van der Waals surface area contributed by atoms with Gasteiger partial charge in [0.05, 0.1) is 16.6 Å². The van der Waals surface area contributed by atoms with Crippen molar-refractivity contribution in [3.8, 4) is 6.07 Å². The first-order valence-corrected chi connectivity index (χ1v) is 7.85. The summed E-state index contributed by atoms with van der Waals surface area (Å²) in [6.45, 7) is 0.744. The van der Waals surface area contributed by atoms with Gasteiger partial charge in [-0.3, -0.25) is 0 Å². The minimum Gasteiger partial charge on any atom is -1.00 e. The van der Waals surface area contributed by atoms with Crippen LogP contribution in [0.15, 0.2) is 72.9 Å². The molecule has 0 bridgehead atoms. The van der Waals surface area contributed by atoms with Gasteiger partial charge < -0.3 is 18.1 Å². The second-order valence-electron chi connectivity index (χ2n) is 5.85. The van der Waals surface area contributed by atoms with E-state index in [0.717, 1.165) is 17.4 Å². The third-order valence-corrected chi connectivity index (χ3v) is 4.43. The number of benzene rings is 3. The van der Waals surface area contributed by atoms with Crippen LogP contribution in [0.1, 0.15) is 11.1 Å². The van der Waals surface area contributed by atoms with Gasteiger partial charge in [-0.25, -0.2) is 0 Å². The topological polar surface area (TPSA) is 53.7 Å². The van der Waals surface area contributed by atoms with Crippen molar-refractivity contribution >= 4 is 27.4 Å². The summed E-state index contributed by atoms with van der Waals surface area (Å²) in [7, 11) is 0. The summed E-state index contributed by atoms with van der Waals surface area (Å²) in [5.74, 6) is 0. The van der Waals surface area contributed by atoms with Gasteiger partial charge in [0.15, 0.2) is 12.7 Å². The second kappa shape index (κ2) is 6.80. The van der Waals surface area contributed by atoms with Crippen LogP contribution in [0.5, 0.6) is 0 Å². The molecule has 0 aliphatic carbocycles. The Kier molecular flexibility index (Phi) is 4.56. The van der Waals surface area contributed by atoms with Crippen LogP contribution in [0, 0.1) is 11.3 Å². The van der Waals surface area contributed by atoms with Crippen molar-refractivity contribution in [1.29, 1.82) is 5.26 Å². The molecule has 1 heterocycles. The number of hydrogen-bond acceptors (Lipinski definition) is 2. The van der Waals surface area contributed by atoms with E-state index in [1.54, 1.807) is 6.07 Å². The molecule has 0 unspecified atom stereocenters. The normalized spacial score (nSPS) is 10.4. The second-order valence-corrected chi connectivity index (χ2v) is 5.85. The zero-order valence-corrected chi connectivity index (χ0v) is 14.2. The van der Waals surface area contributed by atoms with Crippen molar-refractivity contribution in [2.45, 2.75) is 6.54 Å². The molecular formula is C21H16ClN3. The van der Waals surface area contributed by atoms with E-state index in [4.69, 9.17) is 5.73 Å². The van der Waals surface area contributed by atoms with Gasteiger partial charge in [0, 0.05) is 17.7 Å². The predicted molar refractivity (Wildman–Crippen MR) is 96.3 cm³/mol. The molecule has 25 heavy (non-hydrogen) atoms. The molecule has 4 aromatic rings. The molecular weight excluding hydrogens is 330 g/mol. The summed E-state index contributed by atoms with van der Waals surface area (Å²) in [5.41, 5.74) is 9.27. The van der Waals surface area contributed by atoms with Gasteiger partial charge in [-0.2, -0.15) is 9.83 Å². The lowest BCUT2D eigenvalue weighted by Crippen LogP contribution is -3.00. The van der Waals surface area contributed by atoms with Crippen LogP contribution >= 0.6 is 0 Å². The fraction of sp³-hybridized carbons (Fsp3) is 0.0476. The molecule has 0 saturated heterocycles. The lowest BCUT2D eigenvalue weighted by Gasteiger charge is -2.07. The molecule has 0 amide bonds. The molecule has 0 radical (unpaired) electrons. The number of halogens is 1. The minimum absolute atomic E-state index is 0. The average molecular weight is 346 g/mol. The first kappa shape index (κ1) is 16.8. The van der Waals surface area contributed by atoms with Gasteiger partial charge in [0.2, 0.25) is 5.52 Å². The Hall–Kier alpha value is -3.09. The number of rotatable bonds is 2. The predicted octanol–water partition coefficient (Wildman–Crippen LogP) is 0.787. The van der Waals surface area contributed by atoms with E-state index >= 15 is 0 Å². The number of anilines is 1. The van der Waals surface area contributed by atoms with Crippen LogP contribution in [0.3, 0.4) is 0 Å². The standard InChI is InChI=1S/C21H16N3.ClH/c22-13-19-18-9-4-12-24(21(18)11-10-20(19)23)14-16-7-3-6-15-5-1-2-8-17(15)16;/h1-12H,14,23H2;1H/q+1;/p-1. The largest absolute Gasteiger partial charge is 1.00 e. The number of pyridine rings is 1. The molecule has 0 atom stereocenters. The number of nitrogen functional groups attached to an aromatic ring is 1. The Morgan fingerprint density at radius 1 is 0.880 bits per heavy atom. The van der Waals surface area contributed by atoms with Crippen LogP contribution in [-0.4, -0.2) is 0 Å². The molecule has 0 spiro atoms. The van der Waals surface area contributed by atoms with Gasteiger partial charge in [0.1, 0.15) is 6.07 Å². The zero-order chi connectivity index (χ0) is 16.5. The van der Waals surface area contributed by atoms with Gasteiger partial charge in [-0.15, -0.1) is 0 Å². The Balaban J connectivity index is 0.00000182. The maximum absolute atomic E-state index is 9.40. The summed E-state index contributed by atoms with van der Waals surface area (Å²) >= 11 is 0. The Morgan fingerprint density at radius 3 is 2.48 bits per heavy atom. The Bertz CT molecular complexity index is 1110. The van der Waals surface area contributed by atoms with Gasteiger partial charge in [0.25, 0.3) is 0 Å². The molecule has 0 fully saturated rings. The van der Waals surface area contributed by atoms with Gasteiger partial charge in [-0.1, -0.05) is 42.5 Å². The van der Waals surface area contributed by atoms with E-state index in [-0.39, 0.29) is 12.4 Å². The molecule has 3 nitrogen and oxygen atoms in total.